The molecule has 3 aromatic heterocycles. The Morgan fingerprint density at radius 2 is 2.24 bits per heavy atom. The van der Waals surface area contributed by atoms with Crippen LogP contribution in [0.5, 0.6) is 0 Å². The van der Waals surface area contributed by atoms with E-state index in [-0.39, 0.29) is 0 Å². The van der Waals surface area contributed by atoms with Crippen LogP contribution in [0.25, 0.3) is 4.96 Å². The number of hydrogen-bond acceptors (Lipinski definition) is 6. The molecule has 0 saturated heterocycles. The Labute approximate surface area is 131 Å². The molecule has 21 heavy (non-hydrogen) atoms. The fourth-order valence-electron chi connectivity index (χ4n) is 2.00. The number of rotatable bonds is 6. The normalized spacial score (nSPS) is 11.6. The highest BCUT2D eigenvalue weighted by molar-refractivity contribution is 7.99. The Hall–Kier alpha value is -1.38. The molecule has 0 aromatic carbocycles. The van der Waals surface area contributed by atoms with Gasteiger partial charge in [0.1, 0.15) is 10.9 Å². The topological polar surface area (TPSA) is 60.0 Å². The molecule has 0 atom stereocenters. The van der Waals surface area contributed by atoms with Gasteiger partial charge in [-0.15, -0.1) is 21.5 Å². The highest BCUT2D eigenvalue weighted by Crippen LogP contribution is 2.30. The van der Waals surface area contributed by atoms with E-state index in [0.29, 0.717) is 0 Å². The summed E-state index contributed by atoms with van der Waals surface area (Å²) in [5.74, 6) is 0.907. The van der Waals surface area contributed by atoms with Crippen molar-refractivity contribution in [2.75, 3.05) is 6.54 Å². The highest BCUT2D eigenvalue weighted by Gasteiger charge is 2.17. The molecule has 6 nitrogen and oxygen atoms in total. The van der Waals surface area contributed by atoms with Crippen LogP contribution >= 0.6 is 23.1 Å². The molecule has 0 aliphatic rings. The standard InChI is InChI=1S/C13H18N6S2/c1-4-5-14-8-10-11(15-12-19(10)6-7-20-12)21-13-17-16-9(2)18(13)3/h6-7,14H,4-5,8H2,1-3H3. The third kappa shape index (κ3) is 2.83. The van der Waals surface area contributed by atoms with Gasteiger partial charge in [-0.05, 0) is 31.7 Å². The molecule has 112 valence electrons. The maximum Gasteiger partial charge on any atom is 0.197 e. The van der Waals surface area contributed by atoms with E-state index in [0.717, 1.165) is 40.5 Å². The molecule has 3 rings (SSSR count). The van der Waals surface area contributed by atoms with Crippen LogP contribution in [-0.2, 0) is 13.6 Å². The van der Waals surface area contributed by atoms with Gasteiger partial charge in [0.05, 0.1) is 5.69 Å². The number of thiazole rings is 1. The largest absolute Gasteiger partial charge is 0.311 e. The summed E-state index contributed by atoms with van der Waals surface area (Å²) < 4.78 is 4.14. The number of nitrogens with one attached hydrogen (secondary N) is 1. The maximum atomic E-state index is 4.72. The Balaban J connectivity index is 1.91. The van der Waals surface area contributed by atoms with Gasteiger partial charge in [0.2, 0.25) is 0 Å². The van der Waals surface area contributed by atoms with Gasteiger partial charge >= 0.3 is 0 Å². The van der Waals surface area contributed by atoms with E-state index >= 15 is 0 Å². The second-order valence-corrected chi connectivity index (χ2v) is 6.62. The van der Waals surface area contributed by atoms with Crippen molar-refractivity contribution in [3.05, 3.63) is 23.1 Å². The zero-order valence-electron chi connectivity index (χ0n) is 12.3. The Morgan fingerprint density at radius 1 is 1.38 bits per heavy atom. The van der Waals surface area contributed by atoms with Crippen LogP contribution in [-0.4, -0.2) is 30.7 Å². The lowest BCUT2D eigenvalue weighted by Gasteiger charge is -2.05. The van der Waals surface area contributed by atoms with Gasteiger partial charge in [-0.1, -0.05) is 6.92 Å². The maximum absolute atomic E-state index is 4.72. The van der Waals surface area contributed by atoms with Gasteiger partial charge in [0, 0.05) is 25.2 Å². The monoisotopic (exact) mass is 322 g/mol. The number of hydrogen-bond donors (Lipinski definition) is 1. The second-order valence-electron chi connectivity index (χ2n) is 4.79. The van der Waals surface area contributed by atoms with Gasteiger partial charge in [0.25, 0.3) is 0 Å². The Kier molecular flexibility index (Phi) is 4.27. The molecule has 0 amide bonds. The summed E-state index contributed by atoms with van der Waals surface area (Å²) in [6.45, 7) is 5.93. The molecule has 0 unspecified atom stereocenters. The van der Waals surface area contributed by atoms with Crippen LogP contribution in [0.3, 0.4) is 0 Å². The zero-order chi connectivity index (χ0) is 14.8. The first-order valence-corrected chi connectivity index (χ1v) is 8.59. The minimum Gasteiger partial charge on any atom is -0.311 e. The lowest BCUT2D eigenvalue weighted by atomic mass is 10.4. The van der Waals surface area contributed by atoms with Gasteiger partial charge < -0.3 is 9.88 Å². The van der Waals surface area contributed by atoms with Crippen molar-refractivity contribution in [2.24, 2.45) is 7.05 Å². The smallest absolute Gasteiger partial charge is 0.197 e. The van der Waals surface area contributed by atoms with E-state index < -0.39 is 0 Å². The van der Waals surface area contributed by atoms with E-state index in [1.807, 2.05) is 18.5 Å². The summed E-state index contributed by atoms with van der Waals surface area (Å²) in [6.07, 6.45) is 3.19. The molecule has 3 heterocycles. The van der Waals surface area contributed by atoms with E-state index in [1.165, 1.54) is 5.69 Å². The van der Waals surface area contributed by atoms with E-state index in [4.69, 9.17) is 4.98 Å². The minimum absolute atomic E-state index is 0.810. The van der Waals surface area contributed by atoms with Crippen LogP contribution < -0.4 is 5.32 Å². The van der Waals surface area contributed by atoms with Gasteiger partial charge in [-0.25, -0.2) is 4.98 Å². The number of fused-ring (bicyclic) bond motifs is 1. The number of aromatic nitrogens is 5. The summed E-state index contributed by atoms with van der Waals surface area (Å²) in [4.78, 5) is 5.74. The SMILES string of the molecule is CCCNCc1c(Sc2nnc(C)n2C)nc2sccn12. The van der Waals surface area contributed by atoms with Crippen LogP contribution in [0, 0.1) is 6.92 Å². The minimum atomic E-state index is 0.810. The van der Waals surface area contributed by atoms with Crippen molar-refractivity contribution >= 4 is 28.1 Å². The molecule has 0 radical (unpaired) electrons. The Bertz CT molecular complexity index is 741. The van der Waals surface area contributed by atoms with Crippen LogP contribution in [0.15, 0.2) is 21.8 Å². The first-order valence-electron chi connectivity index (χ1n) is 6.89. The summed E-state index contributed by atoms with van der Waals surface area (Å²) in [5.41, 5.74) is 1.19. The van der Waals surface area contributed by atoms with Crippen LogP contribution in [0.2, 0.25) is 0 Å². The third-order valence-electron chi connectivity index (χ3n) is 3.28. The molecule has 3 aromatic rings. The predicted octanol–water partition coefficient (Wildman–Crippen LogP) is 2.48. The van der Waals surface area contributed by atoms with E-state index in [1.54, 1.807) is 23.1 Å². The summed E-state index contributed by atoms with van der Waals surface area (Å²) in [5, 5.41) is 15.7. The molecule has 1 N–H and O–H groups in total. The Morgan fingerprint density at radius 3 is 2.95 bits per heavy atom. The summed E-state index contributed by atoms with van der Waals surface area (Å²) >= 11 is 3.22. The molecule has 0 saturated carbocycles. The molecular weight excluding hydrogens is 304 g/mol. The van der Waals surface area contributed by atoms with Crippen molar-refractivity contribution in [1.82, 2.24) is 29.5 Å². The molecule has 8 heteroatoms. The zero-order valence-corrected chi connectivity index (χ0v) is 14.0. The highest BCUT2D eigenvalue weighted by atomic mass is 32.2. The van der Waals surface area contributed by atoms with Crippen molar-refractivity contribution < 1.29 is 0 Å². The van der Waals surface area contributed by atoms with Crippen molar-refractivity contribution in [3.8, 4) is 0 Å². The number of nitrogens with zero attached hydrogens (tertiary/aromatic N) is 5. The van der Waals surface area contributed by atoms with Crippen molar-refractivity contribution in [3.63, 3.8) is 0 Å². The first kappa shape index (κ1) is 14.6. The van der Waals surface area contributed by atoms with Gasteiger partial charge in [-0.3, -0.25) is 4.40 Å². The molecule has 0 aliphatic heterocycles. The lowest BCUT2D eigenvalue weighted by Crippen LogP contribution is -2.15. The average molecular weight is 322 g/mol. The molecule has 0 spiro atoms. The van der Waals surface area contributed by atoms with E-state index in [9.17, 15) is 0 Å². The van der Waals surface area contributed by atoms with Crippen molar-refractivity contribution in [1.29, 1.82) is 0 Å². The third-order valence-corrected chi connectivity index (χ3v) is 5.10. The first-order chi connectivity index (χ1) is 10.2. The molecule has 0 bridgehead atoms. The van der Waals surface area contributed by atoms with E-state index in [2.05, 4.69) is 38.4 Å². The second kappa shape index (κ2) is 6.17. The lowest BCUT2D eigenvalue weighted by molar-refractivity contribution is 0.652. The fourth-order valence-corrected chi connectivity index (χ4v) is 3.74. The van der Waals surface area contributed by atoms with Gasteiger partial charge in [0.15, 0.2) is 10.1 Å². The van der Waals surface area contributed by atoms with Crippen LogP contribution in [0.4, 0.5) is 0 Å². The fraction of sp³-hybridized carbons (Fsp3) is 0.462. The summed E-state index contributed by atoms with van der Waals surface area (Å²) in [7, 11) is 1.98. The quantitative estimate of drug-likeness (QED) is 0.707. The predicted molar refractivity (Wildman–Crippen MR) is 84.9 cm³/mol. The number of aryl methyl sites for hydroxylation is 1. The van der Waals surface area contributed by atoms with Crippen LogP contribution in [0.1, 0.15) is 24.9 Å². The molecular formula is C13H18N6S2. The molecule has 0 aliphatic carbocycles. The van der Waals surface area contributed by atoms with Crippen molar-refractivity contribution in [2.45, 2.75) is 37.0 Å². The number of imidazole rings is 1. The van der Waals surface area contributed by atoms with Gasteiger partial charge in [-0.2, -0.15) is 0 Å². The molecule has 0 fully saturated rings. The average Bonchev–Trinajstić information content (AvgIpc) is 3.12. The summed E-state index contributed by atoms with van der Waals surface area (Å²) in [6, 6.07) is 0.